The molecule has 1 aromatic rings. The number of likely N-dealkylation sites (tertiary alicyclic amines) is 1. The topological polar surface area (TPSA) is 68.5 Å². The second kappa shape index (κ2) is 7.11. The fraction of sp³-hybridized carbons (Fsp3) is 0.688. The quantitative estimate of drug-likeness (QED) is 0.804. The second-order valence-corrected chi connectivity index (χ2v) is 6.38. The number of hydrogen-bond acceptors (Lipinski definition) is 7. The molecule has 3 heterocycles. The number of piperazine rings is 1. The van der Waals surface area contributed by atoms with Crippen LogP contribution in [0.5, 0.6) is 5.88 Å². The van der Waals surface area contributed by atoms with Crippen LogP contribution in [0, 0.1) is 11.3 Å². The summed E-state index contributed by atoms with van der Waals surface area (Å²) in [4.78, 5) is 15.3. The molecule has 2 aliphatic heterocycles. The van der Waals surface area contributed by atoms with Gasteiger partial charge in [-0.15, -0.1) is 0 Å². The predicted octanol–water partition coefficient (Wildman–Crippen LogP) is 0.573. The third-order valence-electron chi connectivity index (χ3n) is 4.71. The number of ether oxygens (including phenoxy) is 1. The molecule has 1 atom stereocenters. The summed E-state index contributed by atoms with van der Waals surface area (Å²) >= 11 is 0. The zero-order valence-electron chi connectivity index (χ0n) is 13.9. The molecule has 124 valence electrons. The van der Waals surface area contributed by atoms with E-state index in [1.165, 1.54) is 6.42 Å². The monoisotopic (exact) mass is 316 g/mol. The number of nitriles is 1. The molecule has 7 heteroatoms. The number of aromatic nitrogens is 2. The molecular formula is C16H24N6O. The van der Waals surface area contributed by atoms with Gasteiger partial charge in [0.15, 0.2) is 0 Å². The minimum Gasteiger partial charge on any atom is -0.476 e. The molecule has 2 fully saturated rings. The molecule has 0 unspecified atom stereocenters. The largest absolute Gasteiger partial charge is 0.476 e. The summed E-state index contributed by atoms with van der Waals surface area (Å²) in [6, 6.07) is 4.34. The average molecular weight is 316 g/mol. The van der Waals surface area contributed by atoms with E-state index in [4.69, 9.17) is 4.74 Å². The van der Waals surface area contributed by atoms with Gasteiger partial charge in [-0.2, -0.15) is 10.2 Å². The summed E-state index contributed by atoms with van der Waals surface area (Å²) in [6.45, 7) is 5.53. The van der Waals surface area contributed by atoms with E-state index in [2.05, 4.69) is 38.8 Å². The Bertz CT molecular complexity index is 578. The molecule has 2 aliphatic rings. The van der Waals surface area contributed by atoms with Crippen molar-refractivity contribution in [2.45, 2.75) is 18.9 Å². The van der Waals surface area contributed by atoms with Gasteiger partial charge in [-0.25, -0.2) is 4.98 Å². The Kier molecular flexibility index (Phi) is 4.94. The predicted molar refractivity (Wildman–Crippen MR) is 87.6 cm³/mol. The molecule has 0 radical (unpaired) electrons. The van der Waals surface area contributed by atoms with Gasteiger partial charge in [0.2, 0.25) is 11.7 Å². The molecule has 0 bridgehead atoms. The Labute approximate surface area is 137 Å². The molecule has 0 aliphatic carbocycles. The van der Waals surface area contributed by atoms with Crippen molar-refractivity contribution >= 4 is 5.82 Å². The fourth-order valence-corrected chi connectivity index (χ4v) is 3.11. The van der Waals surface area contributed by atoms with E-state index in [1.54, 1.807) is 0 Å². The van der Waals surface area contributed by atoms with E-state index in [9.17, 15) is 5.26 Å². The van der Waals surface area contributed by atoms with Gasteiger partial charge >= 0.3 is 0 Å². The molecule has 3 rings (SSSR count). The molecule has 1 aromatic heterocycles. The van der Waals surface area contributed by atoms with Gasteiger partial charge in [0, 0.05) is 38.3 Å². The van der Waals surface area contributed by atoms with E-state index < -0.39 is 0 Å². The Hall–Kier alpha value is -1.91. The van der Waals surface area contributed by atoms with Crippen LogP contribution in [0.3, 0.4) is 0 Å². The van der Waals surface area contributed by atoms with Crippen LogP contribution in [-0.4, -0.2) is 79.2 Å². The summed E-state index contributed by atoms with van der Waals surface area (Å²) in [6.07, 6.45) is 2.36. The minimum absolute atomic E-state index is 0.177. The normalized spacial score (nSPS) is 23.0. The summed E-state index contributed by atoms with van der Waals surface area (Å²) in [5.74, 6) is 1.47. The van der Waals surface area contributed by atoms with Crippen molar-refractivity contribution < 1.29 is 4.74 Å². The number of anilines is 1. The number of hydrogen-bond donors (Lipinski definition) is 0. The third kappa shape index (κ3) is 3.89. The lowest BCUT2D eigenvalue weighted by molar-refractivity contribution is 0.193. The summed E-state index contributed by atoms with van der Waals surface area (Å²) in [7, 11) is 4.24. The van der Waals surface area contributed by atoms with Crippen molar-refractivity contribution in [2.24, 2.45) is 0 Å². The Morgan fingerprint density at radius 2 is 2.00 bits per heavy atom. The van der Waals surface area contributed by atoms with Crippen molar-refractivity contribution in [2.75, 3.05) is 58.3 Å². The standard InChI is InChI=1S/C16H24N6O/c1-20-6-8-22(9-7-20)15-10-16(19-14(11-17)18-15)23-12-13-4-3-5-21(13)2/h10,13H,3-9,12H2,1-2H3/t13-/m0/s1. The van der Waals surface area contributed by atoms with Crippen molar-refractivity contribution in [1.29, 1.82) is 5.26 Å². The number of likely N-dealkylation sites (N-methyl/N-ethyl adjacent to an activating group) is 2. The second-order valence-electron chi connectivity index (χ2n) is 6.38. The molecule has 0 saturated carbocycles. The highest BCUT2D eigenvalue weighted by Gasteiger charge is 2.22. The van der Waals surface area contributed by atoms with Crippen LogP contribution in [0.1, 0.15) is 18.7 Å². The molecule has 0 aromatic carbocycles. The first kappa shape index (κ1) is 16.0. The van der Waals surface area contributed by atoms with Crippen LogP contribution in [-0.2, 0) is 0 Å². The van der Waals surface area contributed by atoms with Gasteiger partial charge in [-0.1, -0.05) is 0 Å². The smallest absolute Gasteiger partial charge is 0.237 e. The van der Waals surface area contributed by atoms with E-state index in [0.29, 0.717) is 18.5 Å². The van der Waals surface area contributed by atoms with Crippen molar-refractivity contribution in [3.05, 3.63) is 11.9 Å². The van der Waals surface area contributed by atoms with Gasteiger partial charge in [-0.3, -0.25) is 0 Å². The summed E-state index contributed by atoms with van der Waals surface area (Å²) in [5.41, 5.74) is 0. The maximum Gasteiger partial charge on any atom is 0.237 e. The maximum atomic E-state index is 9.18. The van der Waals surface area contributed by atoms with E-state index in [0.717, 1.165) is 45.0 Å². The minimum atomic E-state index is 0.177. The SMILES string of the molecule is CN1CCN(c2cc(OC[C@@H]3CCCN3C)nc(C#N)n2)CC1. The zero-order valence-corrected chi connectivity index (χ0v) is 13.9. The van der Waals surface area contributed by atoms with Gasteiger partial charge in [0.05, 0.1) is 0 Å². The van der Waals surface area contributed by atoms with Crippen LogP contribution < -0.4 is 9.64 Å². The van der Waals surface area contributed by atoms with Gasteiger partial charge in [-0.05, 0) is 33.5 Å². The van der Waals surface area contributed by atoms with Gasteiger partial charge in [0.25, 0.3) is 0 Å². The molecule has 23 heavy (non-hydrogen) atoms. The third-order valence-corrected chi connectivity index (χ3v) is 4.71. The Morgan fingerprint density at radius 3 is 2.65 bits per heavy atom. The van der Waals surface area contributed by atoms with E-state index >= 15 is 0 Å². The van der Waals surface area contributed by atoms with Crippen LogP contribution >= 0.6 is 0 Å². The zero-order chi connectivity index (χ0) is 16.2. The van der Waals surface area contributed by atoms with Crippen LogP contribution in [0.25, 0.3) is 0 Å². The van der Waals surface area contributed by atoms with Crippen LogP contribution in [0.4, 0.5) is 5.82 Å². The summed E-state index contributed by atoms with van der Waals surface area (Å²) < 4.78 is 5.87. The number of nitrogens with zero attached hydrogens (tertiary/aromatic N) is 6. The average Bonchev–Trinajstić information content (AvgIpc) is 2.98. The molecular weight excluding hydrogens is 292 g/mol. The van der Waals surface area contributed by atoms with Crippen molar-refractivity contribution in [1.82, 2.24) is 19.8 Å². The molecule has 7 nitrogen and oxygen atoms in total. The van der Waals surface area contributed by atoms with Crippen molar-refractivity contribution in [3.8, 4) is 11.9 Å². The first-order chi connectivity index (χ1) is 11.2. The lowest BCUT2D eigenvalue weighted by Gasteiger charge is -2.33. The fourth-order valence-electron chi connectivity index (χ4n) is 3.11. The Morgan fingerprint density at radius 1 is 1.22 bits per heavy atom. The molecule has 0 amide bonds. The van der Waals surface area contributed by atoms with Crippen molar-refractivity contribution in [3.63, 3.8) is 0 Å². The highest BCUT2D eigenvalue weighted by Crippen LogP contribution is 2.21. The first-order valence-corrected chi connectivity index (χ1v) is 8.21. The lowest BCUT2D eigenvalue weighted by atomic mass is 10.2. The van der Waals surface area contributed by atoms with Crippen LogP contribution in [0.15, 0.2) is 6.07 Å². The summed E-state index contributed by atoms with van der Waals surface area (Å²) in [5, 5.41) is 9.18. The van der Waals surface area contributed by atoms with Crippen LogP contribution in [0.2, 0.25) is 0 Å². The maximum absolute atomic E-state index is 9.18. The molecule has 2 saturated heterocycles. The Balaban J connectivity index is 1.70. The van der Waals surface area contributed by atoms with E-state index in [1.807, 2.05) is 12.1 Å². The van der Waals surface area contributed by atoms with Gasteiger partial charge in [0.1, 0.15) is 18.5 Å². The van der Waals surface area contributed by atoms with E-state index in [-0.39, 0.29) is 5.82 Å². The lowest BCUT2D eigenvalue weighted by Crippen LogP contribution is -2.44. The highest BCUT2D eigenvalue weighted by molar-refractivity contribution is 5.44. The highest BCUT2D eigenvalue weighted by atomic mass is 16.5. The van der Waals surface area contributed by atoms with Gasteiger partial charge < -0.3 is 19.4 Å². The number of rotatable bonds is 4. The molecule has 0 N–H and O–H groups in total. The first-order valence-electron chi connectivity index (χ1n) is 8.21. The molecule has 0 spiro atoms.